The van der Waals surface area contributed by atoms with Gasteiger partial charge in [0.1, 0.15) is 0 Å². The maximum Gasteiger partial charge on any atom is 0.316 e. The summed E-state index contributed by atoms with van der Waals surface area (Å²) >= 11 is 0. The third kappa shape index (κ3) is 3.69. The number of hydrogen-bond acceptors (Lipinski definition) is 5. The van der Waals surface area contributed by atoms with Crippen molar-refractivity contribution in [3.63, 3.8) is 0 Å². The van der Waals surface area contributed by atoms with E-state index in [-0.39, 0.29) is 6.10 Å². The summed E-state index contributed by atoms with van der Waals surface area (Å²) in [7, 11) is 1.58. The van der Waals surface area contributed by atoms with Gasteiger partial charge in [-0.3, -0.25) is 0 Å². The van der Waals surface area contributed by atoms with Crippen molar-refractivity contribution < 1.29 is 9.47 Å². The van der Waals surface area contributed by atoms with Gasteiger partial charge in [0.05, 0.1) is 19.8 Å². The fraction of sp³-hybridized carbons (Fsp3) is 0.333. The molecule has 1 aliphatic rings. The van der Waals surface area contributed by atoms with E-state index >= 15 is 0 Å². The zero-order valence-corrected chi connectivity index (χ0v) is 14.9. The molecule has 1 fully saturated rings. The van der Waals surface area contributed by atoms with Crippen molar-refractivity contribution in [1.82, 2.24) is 15.3 Å². The van der Waals surface area contributed by atoms with Crippen LogP contribution in [0.5, 0.6) is 6.01 Å². The Kier molecular flexibility index (Phi) is 5.09. The Hall–Kier alpha value is -2.50. The van der Waals surface area contributed by atoms with Crippen LogP contribution in [0.4, 0.5) is 0 Å². The number of aromatic nitrogens is 2. The number of benzene rings is 2. The number of methoxy groups -OCH3 is 1. The van der Waals surface area contributed by atoms with Gasteiger partial charge in [0.25, 0.3) is 0 Å². The highest BCUT2D eigenvalue weighted by Gasteiger charge is 2.27. The first-order valence-corrected chi connectivity index (χ1v) is 8.99. The molecule has 0 radical (unpaired) electrons. The van der Waals surface area contributed by atoms with Crippen molar-refractivity contribution in [3.05, 3.63) is 66.0 Å². The predicted octanol–water partition coefficient (Wildman–Crippen LogP) is 3.30. The molecule has 2 atom stereocenters. The van der Waals surface area contributed by atoms with E-state index in [1.807, 2.05) is 12.4 Å². The molecule has 4 rings (SSSR count). The molecule has 5 nitrogen and oxygen atoms in total. The normalized spacial score (nSPS) is 20.2. The fourth-order valence-corrected chi connectivity index (χ4v) is 3.54. The summed E-state index contributed by atoms with van der Waals surface area (Å²) in [6.45, 7) is 2.42. The van der Waals surface area contributed by atoms with Gasteiger partial charge in [0, 0.05) is 24.9 Å². The molecule has 3 aromatic rings. The number of nitrogens with zero attached hydrogens (tertiary/aromatic N) is 2. The van der Waals surface area contributed by atoms with Crippen molar-refractivity contribution >= 4 is 10.8 Å². The molecule has 0 aliphatic carbocycles. The Labute approximate surface area is 153 Å². The molecule has 26 heavy (non-hydrogen) atoms. The Balaban J connectivity index is 1.47. The van der Waals surface area contributed by atoms with Crippen LogP contribution in [-0.2, 0) is 11.3 Å². The van der Waals surface area contributed by atoms with Crippen LogP contribution in [0.3, 0.4) is 0 Å². The minimum atomic E-state index is 0.104. The van der Waals surface area contributed by atoms with Crippen molar-refractivity contribution in [2.24, 2.45) is 0 Å². The van der Waals surface area contributed by atoms with Crippen LogP contribution in [-0.4, -0.2) is 36.3 Å². The average Bonchev–Trinajstić information content (AvgIpc) is 2.72. The van der Waals surface area contributed by atoms with Crippen LogP contribution in [0, 0.1) is 0 Å². The lowest BCUT2D eigenvalue weighted by atomic mass is 9.89. The SMILES string of the molecule is COc1ncc(C2CCNCC2OCc2ccc3ccccc3c2)cn1. The summed E-state index contributed by atoms with van der Waals surface area (Å²) < 4.78 is 11.4. The van der Waals surface area contributed by atoms with E-state index < -0.39 is 0 Å². The number of hydrogen-bond donors (Lipinski definition) is 1. The third-order valence-electron chi connectivity index (χ3n) is 4.96. The van der Waals surface area contributed by atoms with Crippen LogP contribution < -0.4 is 10.1 Å². The largest absolute Gasteiger partial charge is 0.467 e. The summed E-state index contributed by atoms with van der Waals surface area (Å²) in [6.07, 6.45) is 4.83. The maximum absolute atomic E-state index is 6.29. The Morgan fingerprint density at radius 3 is 2.69 bits per heavy atom. The van der Waals surface area contributed by atoms with E-state index in [0.717, 1.165) is 25.1 Å². The molecule has 1 saturated heterocycles. The van der Waals surface area contributed by atoms with E-state index in [1.165, 1.54) is 16.3 Å². The Morgan fingerprint density at radius 1 is 1.08 bits per heavy atom. The quantitative estimate of drug-likeness (QED) is 0.766. The maximum atomic E-state index is 6.29. The molecule has 134 valence electrons. The summed E-state index contributed by atoms with van der Waals surface area (Å²) in [5.41, 5.74) is 2.30. The Morgan fingerprint density at radius 2 is 1.88 bits per heavy atom. The van der Waals surface area contributed by atoms with Crippen molar-refractivity contribution in [2.45, 2.75) is 25.0 Å². The first-order valence-electron chi connectivity index (χ1n) is 8.99. The third-order valence-corrected chi connectivity index (χ3v) is 4.96. The molecule has 0 spiro atoms. The molecule has 1 aliphatic heterocycles. The molecule has 0 amide bonds. The Bertz CT molecular complexity index is 867. The fourth-order valence-electron chi connectivity index (χ4n) is 3.54. The van der Waals surface area contributed by atoms with Gasteiger partial charge in [-0.15, -0.1) is 0 Å². The molecule has 0 saturated carbocycles. The van der Waals surface area contributed by atoms with Gasteiger partial charge < -0.3 is 14.8 Å². The first-order chi connectivity index (χ1) is 12.8. The minimum absolute atomic E-state index is 0.104. The van der Waals surface area contributed by atoms with Gasteiger partial charge in [-0.05, 0) is 40.9 Å². The number of piperidine rings is 1. The highest BCUT2D eigenvalue weighted by Crippen LogP contribution is 2.28. The number of nitrogens with one attached hydrogen (secondary N) is 1. The lowest BCUT2D eigenvalue weighted by molar-refractivity contribution is 0.0105. The van der Waals surface area contributed by atoms with E-state index in [9.17, 15) is 0 Å². The molecule has 1 N–H and O–H groups in total. The second kappa shape index (κ2) is 7.81. The van der Waals surface area contributed by atoms with E-state index in [1.54, 1.807) is 7.11 Å². The zero-order chi connectivity index (χ0) is 17.8. The minimum Gasteiger partial charge on any atom is -0.467 e. The number of rotatable bonds is 5. The van der Waals surface area contributed by atoms with Crippen LogP contribution in [0.1, 0.15) is 23.5 Å². The molecular weight excluding hydrogens is 326 g/mol. The van der Waals surface area contributed by atoms with Gasteiger partial charge in [0.15, 0.2) is 0 Å². The van der Waals surface area contributed by atoms with Crippen molar-refractivity contribution in [2.75, 3.05) is 20.2 Å². The summed E-state index contributed by atoms with van der Waals surface area (Å²) in [6, 6.07) is 15.3. The van der Waals surface area contributed by atoms with Crippen LogP contribution in [0.2, 0.25) is 0 Å². The van der Waals surface area contributed by atoms with Crippen LogP contribution >= 0.6 is 0 Å². The van der Waals surface area contributed by atoms with Gasteiger partial charge in [-0.1, -0.05) is 36.4 Å². The molecule has 5 heteroatoms. The molecule has 2 unspecified atom stereocenters. The van der Waals surface area contributed by atoms with Crippen molar-refractivity contribution in [1.29, 1.82) is 0 Å². The van der Waals surface area contributed by atoms with Crippen molar-refractivity contribution in [3.8, 4) is 6.01 Å². The van der Waals surface area contributed by atoms with Gasteiger partial charge >= 0.3 is 6.01 Å². The number of ether oxygens (including phenoxy) is 2. The van der Waals surface area contributed by atoms with E-state index in [2.05, 4.69) is 57.7 Å². The van der Waals surface area contributed by atoms with Gasteiger partial charge in [0.2, 0.25) is 0 Å². The first kappa shape index (κ1) is 16.9. The lowest BCUT2D eigenvalue weighted by Gasteiger charge is -2.32. The molecule has 2 heterocycles. The zero-order valence-electron chi connectivity index (χ0n) is 14.9. The molecule has 1 aromatic heterocycles. The highest BCUT2D eigenvalue weighted by atomic mass is 16.5. The number of fused-ring (bicyclic) bond motifs is 1. The highest BCUT2D eigenvalue weighted by molar-refractivity contribution is 5.82. The smallest absolute Gasteiger partial charge is 0.316 e. The predicted molar refractivity (Wildman–Crippen MR) is 101 cm³/mol. The van der Waals surface area contributed by atoms with Crippen LogP contribution in [0.15, 0.2) is 54.9 Å². The summed E-state index contributed by atoms with van der Waals surface area (Å²) in [5.74, 6) is 0.294. The standard InChI is InChI=1S/C21H23N3O2/c1-25-21-23-11-18(12-24-21)19-8-9-22-13-20(19)26-14-15-6-7-16-4-2-3-5-17(16)10-15/h2-7,10-12,19-20,22H,8-9,13-14H2,1H3. The summed E-state index contributed by atoms with van der Waals surface area (Å²) in [4.78, 5) is 8.50. The monoisotopic (exact) mass is 349 g/mol. The van der Waals surface area contributed by atoms with E-state index in [4.69, 9.17) is 9.47 Å². The average molecular weight is 349 g/mol. The van der Waals surface area contributed by atoms with Crippen LogP contribution in [0.25, 0.3) is 10.8 Å². The second-order valence-corrected chi connectivity index (χ2v) is 6.63. The molecule has 2 aromatic carbocycles. The second-order valence-electron chi connectivity index (χ2n) is 6.63. The van der Waals surface area contributed by atoms with Gasteiger partial charge in [-0.25, -0.2) is 9.97 Å². The summed E-state index contributed by atoms with van der Waals surface area (Å²) in [5, 5.41) is 5.93. The van der Waals surface area contributed by atoms with E-state index in [0.29, 0.717) is 18.5 Å². The van der Waals surface area contributed by atoms with Gasteiger partial charge in [-0.2, -0.15) is 0 Å². The molecular formula is C21H23N3O2. The molecule has 0 bridgehead atoms. The topological polar surface area (TPSA) is 56.3 Å². The lowest BCUT2D eigenvalue weighted by Crippen LogP contribution is -2.41.